The summed E-state index contributed by atoms with van der Waals surface area (Å²) >= 11 is 0. The van der Waals surface area contributed by atoms with E-state index in [0.717, 1.165) is 51.5 Å². The number of hydrogen-bond donors (Lipinski definition) is 3. The molecule has 2 aliphatic heterocycles. The smallest absolute Gasteiger partial charge is 0.238 e. The lowest BCUT2D eigenvalue weighted by atomic mass is 10.0. The molecular weight excluding hydrogens is 366 g/mol. The predicted molar refractivity (Wildman–Crippen MR) is 112 cm³/mol. The van der Waals surface area contributed by atoms with Crippen LogP contribution >= 0.6 is 0 Å². The minimum atomic E-state index is -0.186. The van der Waals surface area contributed by atoms with E-state index in [4.69, 9.17) is 0 Å². The SMILES string of the molecule is O=C(NCCCN1CCN(c2ncccn2)CC1)C1CC(c2ccccc2)NN1. The fourth-order valence-corrected chi connectivity index (χ4v) is 3.90. The number of rotatable bonds is 7. The number of carbonyl (C=O) groups is 1. The topological polar surface area (TPSA) is 85.4 Å². The van der Waals surface area contributed by atoms with Crippen molar-refractivity contribution in [1.29, 1.82) is 0 Å². The van der Waals surface area contributed by atoms with Gasteiger partial charge in [0, 0.05) is 51.2 Å². The largest absolute Gasteiger partial charge is 0.355 e. The van der Waals surface area contributed by atoms with Crippen LogP contribution < -0.4 is 21.1 Å². The molecule has 1 amide bonds. The van der Waals surface area contributed by atoms with Gasteiger partial charge in [-0.25, -0.2) is 20.8 Å². The van der Waals surface area contributed by atoms with E-state index in [1.165, 1.54) is 5.56 Å². The van der Waals surface area contributed by atoms with Crippen LogP contribution in [0.2, 0.25) is 0 Å². The van der Waals surface area contributed by atoms with E-state index in [9.17, 15) is 4.79 Å². The van der Waals surface area contributed by atoms with E-state index in [1.54, 1.807) is 12.4 Å². The molecule has 2 fully saturated rings. The minimum Gasteiger partial charge on any atom is -0.355 e. The number of piperazine rings is 1. The zero-order chi connectivity index (χ0) is 19.9. The highest BCUT2D eigenvalue weighted by Gasteiger charge is 2.29. The third-order valence-corrected chi connectivity index (χ3v) is 5.58. The van der Waals surface area contributed by atoms with Gasteiger partial charge in [0.15, 0.2) is 0 Å². The molecule has 0 bridgehead atoms. The molecule has 2 saturated heterocycles. The summed E-state index contributed by atoms with van der Waals surface area (Å²) in [5, 5.41) is 3.07. The van der Waals surface area contributed by atoms with Crippen LogP contribution in [-0.2, 0) is 4.79 Å². The number of anilines is 1. The van der Waals surface area contributed by atoms with E-state index in [-0.39, 0.29) is 18.0 Å². The van der Waals surface area contributed by atoms with Gasteiger partial charge < -0.3 is 10.2 Å². The molecule has 154 valence electrons. The summed E-state index contributed by atoms with van der Waals surface area (Å²) in [5.41, 5.74) is 7.56. The lowest BCUT2D eigenvalue weighted by Crippen LogP contribution is -2.48. The number of nitrogens with one attached hydrogen (secondary N) is 3. The van der Waals surface area contributed by atoms with Crippen molar-refractivity contribution in [3.8, 4) is 0 Å². The lowest BCUT2D eigenvalue weighted by Gasteiger charge is -2.34. The summed E-state index contributed by atoms with van der Waals surface area (Å²) in [6, 6.07) is 12.1. The van der Waals surface area contributed by atoms with Gasteiger partial charge in [0.25, 0.3) is 0 Å². The predicted octanol–water partition coefficient (Wildman–Crippen LogP) is 0.713. The van der Waals surface area contributed by atoms with Crippen LogP contribution in [0.4, 0.5) is 5.95 Å². The molecule has 4 rings (SSSR count). The molecule has 29 heavy (non-hydrogen) atoms. The van der Waals surface area contributed by atoms with Crippen LogP contribution in [0, 0.1) is 0 Å². The van der Waals surface area contributed by atoms with Crippen molar-refractivity contribution in [3.05, 3.63) is 54.4 Å². The average Bonchev–Trinajstić information content (AvgIpc) is 3.29. The Kier molecular flexibility index (Phi) is 6.66. The molecule has 2 aromatic rings. The molecule has 8 nitrogen and oxygen atoms in total. The van der Waals surface area contributed by atoms with Gasteiger partial charge in [-0.2, -0.15) is 0 Å². The van der Waals surface area contributed by atoms with E-state index in [0.29, 0.717) is 6.54 Å². The Hall–Kier alpha value is -2.55. The number of hydrazine groups is 1. The van der Waals surface area contributed by atoms with E-state index >= 15 is 0 Å². The standard InChI is InChI=1S/C21H29N7O/c29-20(19-16-18(25-26-19)17-6-2-1-3-7-17)22-10-5-11-27-12-14-28(15-13-27)21-23-8-4-9-24-21/h1-4,6-9,18-19,25-26H,5,10-16H2,(H,22,29). The number of aromatic nitrogens is 2. The van der Waals surface area contributed by atoms with Gasteiger partial charge in [-0.15, -0.1) is 0 Å². The molecule has 1 aromatic heterocycles. The van der Waals surface area contributed by atoms with Crippen molar-refractivity contribution in [2.75, 3.05) is 44.2 Å². The average molecular weight is 396 g/mol. The molecule has 0 saturated carbocycles. The Morgan fingerprint density at radius 1 is 1.03 bits per heavy atom. The van der Waals surface area contributed by atoms with Gasteiger partial charge in [-0.3, -0.25) is 9.69 Å². The molecule has 3 N–H and O–H groups in total. The quantitative estimate of drug-likeness (QED) is 0.596. The fraction of sp³-hybridized carbons (Fsp3) is 0.476. The zero-order valence-electron chi connectivity index (χ0n) is 16.6. The molecule has 0 radical (unpaired) electrons. The normalized spacial score (nSPS) is 22.6. The lowest BCUT2D eigenvalue weighted by molar-refractivity contribution is -0.122. The summed E-state index contributed by atoms with van der Waals surface area (Å²) in [6.45, 7) is 5.57. The van der Waals surface area contributed by atoms with Crippen LogP contribution in [0.25, 0.3) is 0 Å². The summed E-state index contributed by atoms with van der Waals surface area (Å²) in [7, 11) is 0. The van der Waals surface area contributed by atoms with E-state index < -0.39 is 0 Å². The van der Waals surface area contributed by atoms with Crippen LogP contribution in [0.15, 0.2) is 48.8 Å². The molecule has 2 unspecified atom stereocenters. The van der Waals surface area contributed by atoms with Crippen molar-refractivity contribution in [2.24, 2.45) is 0 Å². The summed E-state index contributed by atoms with van der Waals surface area (Å²) in [6.07, 6.45) is 5.29. The fourth-order valence-electron chi connectivity index (χ4n) is 3.90. The second-order valence-electron chi connectivity index (χ2n) is 7.56. The molecular formula is C21H29N7O. The maximum atomic E-state index is 12.4. The number of hydrogen-bond acceptors (Lipinski definition) is 7. The maximum absolute atomic E-state index is 12.4. The maximum Gasteiger partial charge on any atom is 0.238 e. The van der Waals surface area contributed by atoms with Gasteiger partial charge in [0.2, 0.25) is 11.9 Å². The Morgan fingerprint density at radius 2 is 1.79 bits per heavy atom. The first-order valence-electron chi connectivity index (χ1n) is 10.4. The van der Waals surface area contributed by atoms with Crippen LogP contribution in [0.5, 0.6) is 0 Å². The molecule has 3 heterocycles. The summed E-state index contributed by atoms with van der Waals surface area (Å²) in [4.78, 5) is 25.7. The minimum absolute atomic E-state index is 0.0713. The zero-order valence-corrected chi connectivity index (χ0v) is 16.6. The van der Waals surface area contributed by atoms with Crippen LogP contribution in [0.1, 0.15) is 24.4 Å². The van der Waals surface area contributed by atoms with Crippen molar-refractivity contribution >= 4 is 11.9 Å². The molecule has 1 aromatic carbocycles. The van der Waals surface area contributed by atoms with Gasteiger partial charge in [0.05, 0.1) is 0 Å². The number of carbonyl (C=O) groups excluding carboxylic acids is 1. The number of nitrogens with zero attached hydrogens (tertiary/aromatic N) is 4. The molecule has 0 spiro atoms. The van der Waals surface area contributed by atoms with E-state index in [2.05, 4.69) is 48.1 Å². The third-order valence-electron chi connectivity index (χ3n) is 5.58. The summed E-state index contributed by atoms with van der Waals surface area (Å²) < 4.78 is 0. The van der Waals surface area contributed by atoms with Crippen molar-refractivity contribution in [2.45, 2.75) is 24.9 Å². The highest BCUT2D eigenvalue weighted by Crippen LogP contribution is 2.21. The molecule has 2 atom stereocenters. The first kappa shape index (κ1) is 19.8. The molecule has 8 heteroatoms. The van der Waals surface area contributed by atoms with Crippen molar-refractivity contribution < 1.29 is 4.79 Å². The Morgan fingerprint density at radius 3 is 2.55 bits per heavy atom. The Bertz CT molecular complexity index is 765. The van der Waals surface area contributed by atoms with Crippen LogP contribution in [0.3, 0.4) is 0 Å². The monoisotopic (exact) mass is 395 g/mol. The molecule has 0 aliphatic carbocycles. The van der Waals surface area contributed by atoms with Crippen molar-refractivity contribution in [3.63, 3.8) is 0 Å². The Balaban J connectivity index is 1.11. The van der Waals surface area contributed by atoms with Gasteiger partial charge in [0.1, 0.15) is 6.04 Å². The highest BCUT2D eigenvalue weighted by atomic mass is 16.2. The second kappa shape index (κ2) is 9.78. The van der Waals surface area contributed by atoms with Crippen LogP contribution in [-0.4, -0.2) is 66.1 Å². The number of amides is 1. The third kappa shape index (κ3) is 5.29. The first-order chi connectivity index (χ1) is 14.3. The molecule has 2 aliphatic rings. The highest BCUT2D eigenvalue weighted by molar-refractivity contribution is 5.82. The first-order valence-corrected chi connectivity index (χ1v) is 10.4. The Labute approximate surface area is 171 Å². The summed E-state index contributed by atoms with van der Waals surface area (Å²) in [5.74, 6) is 0.882. The second-order valence-corrected chi connectivity index (χ2v) is 7.56. The van der Waals surface area contributed by atoms with Gasteiger partial charge >= 0.3 is 0 Å². The van der Waals surface area contributed by atoms with Crippen molar-refractivity contribution in [1.82, 2.24) is 31.0 Å². The van der Waals surface area contributed by atoms with E-state index in [1.807, 2.05) is 24.3 Å². The number of benzene rings is 1. The van der Waals surface area contributed by atoms with Gasteiger partial charge in [-0.05, 0) is 31.0 Å². The van der Waals surface area contributed by atoms with Gasteiger partial charge in [-0.1, -0.05) is 30.3 Å².